The second-order valence-electron chi connectivity index (χ2n) is 13.3. The third-order valence-corrected chi connectivity index (χ3v) is 9.97. The molecule has 2 aliphatic rings. The monoisotopic (exact) mass is 698 g/mol. The van der Waals surface area contributed by atoms with Gasteiger partial charge < -0.3 is 24.2 Å². The highest BCUT2D eigenvalue weighted by Crippen LogP contribution is 2.38. The lowest BCUT2D eigenvalue weighted by molar-refractivity contribution is 0.415. The Morgan fingerprint density at radius 3 is 1.30 bits per heavy atom. The molecule has 0 atom stereocenters. The Morgan fingerprint density at radius 2 is 0.868 bits per heavy atom. The van der Waals surface area contributed by atoms with Crippen LogP contribution in [0.15, 0.2) is 97.1 Å². The summed E-state index contributed by atoms with van der Waals surface area (Å²) >= 11 is 0. The summed E-state index contributed by atoms with van der Waals surface area (Å²) in [5.41, 5.74) is 14.5. The topological polar surface area (TPSA) is 85.1 Å². The van der Waals surface area contributed by atoms with E-state index in [1.165, 1.54) is 5.56 Å². The molecule has 264 valence electrons. The summed E-state index contributed by atoms with van der Waals surface area (Å²) < 4.78 is 17.0. The van der Waals surface area contributed by atoms with Crippen LogP contribution in [0.1, 0.15) is 54.5 Å². The van der Waals surface area contributed by atoms with Gasteiger partial charge in [0.15, 0.2) is 0 Å². The fraction of sp³-hybridized carbons (Fsp3) is 0.174. The summed E-state index contributed by atoms with van der Waals surface area (Å²) in [7, 11) is 5.09. The molecule has 8 rings (SSSR count). The van der Waals surface area contributed by atoms with E-state index in [-0.39, 0.29) is 0 Å². The molecular formula is C46H42N4O3. The molecule has 0 aliphatic carbocycles. The summed E-state index contributed by atoms with van der Waals surface area (Å²) in [6, 6.07) is 33.1. The van der Waals surface area contributed by atoms with E-state index in [1.807, 2.05) is 36.4 Å². The molecule has 3 aromatic heterocycles. The maximum absolute atomic E-state index is 5.69. The first-order chi connectivity index (χ1) is 26.1. The number of hydrogen-bond acceptors (Lipinski definition) is 5. The number of unbranched alkanes of at least 4 members (excludes halogenated alkanes) is 2. The van der Waals surface area contributed by atoms with E-state index < -0.39 is 0 Å². The number of nitrogens with one attached hydrogen (secondary N) is 2. The Morgan fingerprint density at radius 1 is 0.472 bits per heavy atom. The second kappa shape index (κ2) is 14.7. The van der Waals surface area contributed by atoms with E-state index in [1.54, 1.807) is 21.3 Å². The lowest BCUT2D eigenvalue weighted by Gasteiger charge is -2.08. The zero-order valence-electron chi connectivity index (χ0n) is 30.5. The highest BCUT2D eigenvalue weighted by atomic mass is 16.5. The predicted molar refractivity (Wildman–Crippen MR) is 218 cm³/mol. The molecule has 6 aromatic rings. The van der Waals surface area contributed by atoms with Crippen molar-refractivity contribution in [2.24, 2.45) is 0 Å². The van der Waals surface area contributed by atoms with Crippen molar-refractivity contribution in [1.82, 2.24) is 19.9 Å². The van der Waals surface area contributed by atoms with Crippen LogP contribution in [0.5, 0.6) is 17.2 Å². The summed E-state index contributed by atoms with van der Waals surface area (Å²) in [6.07, 6.45) is 12.8. The number of aromatic amines is 2. The van der Waals surface area contributed by atoms with Crippen molar-refractivity contribution in [3.8, 4) is 50.6 Å². The van der Waals surface area contributed by atoms with Gasteiger partial charge in [0.25, 0.3) is 0 Å². The number of aromatic nitrogens is 4. The van der Waals surface area contributed by atoms with Crippen LogP contribution >= 0.6 is 0 Å². The third kappa shape index (κ3) is 6.62. The summed E-state index contributed by atoms with van der Waals surface area (Å²) in [5.74, 6) is 2.34. The van der Waals surface area contributed by atoms with E-state index in [9.17, 15) is 0 Å². The molecule has 3 aromatic carbocycles. The van der Waals surface area contributed by atoms with Crippen LogP contribution in [0.3, 0.4) is 0 Å². The van der Waals surface area contributed by atoms with E-state index >= 15 is 0 Å². The lowest BCUT2D eigenvalue weighted by atomic mass is 10.0. The maximum Gasteiger partial charge on any atom is 0.119 e. The average Bonchev–Trinajstić information content (AvgIpc) is 4.04. The Balaban J connectivity index is 1.53. The molecule has 0 unspecified atom stereocenters. The normalized spacial score (nSPS) is 11.9. The van der Waals surface area contributed by atoms with Crippen LogP contribution in [-0.2, 0) is 6.42 Å². The van der Waals surface area contributed by atoms with Crippen LogP contribution in [-0.4, -0.2) is 41.3 Å². The Hall–Kier alpha value is -6.34. The van der Waals surface area contributed by atoms with Crippen LogP contribution in [0.2, 0.25) is 0 Å². The van der Waals surface area contributed by atoms with Gasteiger partial charge in [0.2, 0.25) is 0 Å². The van der Waals surface area contributed by atoms with E-state index in [2.05, 4.69) is 102 Å². The van der Waals surface area contributed by atoms with Crippen LogP contribution in [0, 0.1) is 0 Å². The minimum Gasteiger partial charge on any atom is -0.497 e. The largest absolute Gasteiger partial charge is 0.497 e. The highest BCUT2D eigenvalue weighted by Gasteiger charge is 2.19. The molecule has 8 bridgehead atoms. The third-order valence-electron chi connectivity index (χ3n) is 9.97. The molecule has 7 nitrogen and oxygen atoms in total. The molecule has 7 heteroatoms. The van der Waals surface area contributed by atoms with E-state index in [4.69, 9.17) is 24.2 Å². The SMILES string of the molecule is CCCCCc1c2nc(c(-c3cccc(OC)c3)c3ccc([nH]3)c(-c3cccc(OC)c3)c3nc(c(-c4cccc(OC)c4)c4ccc1[nH]4)C=C3)C=C2. The Kier molecular flexibility index (Phi) is 9.38. The zero-order chi connectivity index (χ0) is 36.3. The first kappa shape index (κ1) is 33.8. The van der Waals surface area contributed by atoms with Crippen molar-refractivity contribution >= 4 is 46.4 Å². The fourth-order valence-corrected chi connectivity index (χ4v) is 7.33. The van der Waals surface area contributed by atoms with Crippen molar-refractivity contribution in [3.05, 3.63) is 125 Å². The number of benzene rings is 3. The molecule has 0 radical (unpaired) electrons. The number of aryl methyl sites for hydroxylation is 1. The number of hydrogen-bond donors (Lipinski definition) is 2. The number of fused-ring (bicyclic) bond motifs is 8. The maximum atomic E-state index is 5.69. The molecule has 0 amide bonds. The highest BCUT2D eigenvalue weighted by molar-refractivity contribution is 5.98. The van der Waals surface area contributed by atoms with Crippen molar-refractivity contribution in [1.29, 1.82) is 0 Å². The Bertz CT molecular complexity index is 2510. The summed E-state index contributed by atoms with van der Waals surface area (Å²) in [6.45, 7) is 2.24. The van der Waals surface area contributed by atoms with Gasteiger partial charge in [0.1, 0.15) is 17.2 Å². The number of nitrogens with zero attached hydrogens (tertiary/aromatic N) is 2. The predicted octanol–water partition coefficient (Wildman–Crippen LogP) is 11.4. The van der Waals surface area contributed by atoms with E-state index in [0.29, 0.717) is 0 Å². The average molecular weight is 699 g/mol. The molecule has 0 saturated heterocycles. The minimum atomic E-state index is 0.770. The van der Waals surface area contributed by atoms with Gasteiger partial charge in [-0.1, -0.05) is 56.2 Å². The van der Waals surface area contributed by atoms with Gasteiger partial charge in [-0.2, -0.15) is 0 Å². The molecule has 53 heavy (non-hydrogen) atoms. The smallest absolute Gasteiger partial charge is 0.119 e. The first-order valence-corrected chi connectivity index (χ1v) is 18.1. The number of ether oxygens (including phenoxy) is 3. The molecule has 0 spiro atoms. The van der Waals surface area contributed by atoms with Gasteiger partial charge >= 0.3 is 0 Å². The minimum absolute atomic E-state index is 0.770. The molecule has 0 fully saturated rings. The molecule has 2 N–H and O–H groups in total. The fourth-order valence-electron chi connectivity index (χ4n) is 7.33. The molecule has 0 saturated carbocycles. The van der Waals surface area contributed by atoms with Crippen molar-refractivity contribution < 1.29 is 14.2 Å². The van der Waals surface area contributed by atoms with Crippen LogP contribution in [0.4, 0.5) is 0 Å². The van der Waals surface area contributed by atoms with Gasteiger partial charge in [0, 0.05) is 44.3 Å². The number of H-pyrrole nitrogens is 2. The van der Waals surface area contributed by atoms with E-state index in [0.717, 1.165) is 121 Å². The quantitative estimate of drug-likeness (QED) is 0.139. The zero-order valence-corrected chi connectivity index (χ0v) is 30.5. The van der Waals surface area contributed by atoms with Crippen LogP contribution < -0.4 is 14.2 Å². The van der Waals surface area contributed by atoms with Crippen molar-refractivity contribution in [2.45, 2.75) is 32.6 Å². The van der Waals surface area contributed by atoms with Crippen molar-refractivity contribution in [3.63, 3.8) is 0 Å². The number of rotatable bonds is 10. The summed E-state index contributed by atoms with van der Waals surface area (Å²) in [5, 5.41) is 0. The second-order valence-corrected chi connectivity index (χ2v) is 13.3. The number of methoxy groups -OCH3 is 3. The van der Waals surface area contributed by atoms with Gasteiger partial charge in [-0.3, -0.25) is 0 Å². The molecular weight excluding hydrogens is 657 g/mol. The van der Waals surface area contributed by atoms with Gasteiger partial charge in [-0.15, -0.1) is 0 Å². The standard InChI is InChI=1S/C46H42N4O3/c1-5-6-7-17-35-36-18-20-38(47-36)44(29-11-8-14-32(26-29)51-2)40-22-24-42(49-40)46(31-13-10-16-34(28-31)53-4)43-25-23-41(50-43)45(39-21-19-37(35)48-39)30-12-9-15-33(27-30)52-3/h8-16,18-28,47,50H,5-7,17H2,1-4H3. The van der Waals surface area contributed by atoms with Gasteiger partial charge in [-0.25, -0.2) is 9.97 Å². The first-order valence-electron chi connectivity index (χ1n) is 18.1. The molecule has 2 aliphatic heterocycles. The van der Waals surface area contributed by atoms with Crippen molar-refractivity contribution in [2.75, 3.05) is 21.3 Å². The van der Waals surface area contributed by atoms with Gasteiger partial charge in [0.05, 0.1) is 44.1 Å². The molecule has 5 heterocycles. The van der Waals surface area contributed by atoms with Gasteiger partial charge in [-0.05, 0) is 114 Å². The Labute approximate surface area is 309 Å². The lowest BCUT2D eigenvalue weighted by Crippen LogP contribution is -1.93. The summed E-state index contributed by atoms with van der Waals surface area (Å²) in [4.78, 5) is 18.4. The van der Waals surface area contributed by atoms with Crippen LogP contribution in [0.25, 0.3) is 79.8 Å².